The van der Waals surface area contributed by atoms with E-state index in [1.54, 1.807) is 12.1 Å². The zero-order valence-electron chi connectivity index (χ0n) is 15.3. The molecule has 5 rings (SSSR count). The minimum absolute atomic E-state index is 0.00803. The Balaban J connectivity index is 1.43. The van der Waals surface area contributed by atoms with Gasteiger partial charge in [0.15, 0.2) is 0 Å². The minimum Gasteiger partial charge on any atom is -0.334 e. The van der Waals surface area contributed by atoms with E-state index in [4.69, 9.17) is 0 Å². The second-order valence-corrected chi connectivity index (χ2v) is 7.92. The van der Waals surface area contributed by atoms with Crippen molar-refractivity contribution in [1.29, 1.82) is 0 Å². The molecule has 2 fully saturated rings. The summed E-state index contributed by atoms with van der Waals surface area (Å²) in [5.74, 6) is -0.255. The number of amides is 2. The standard InChI is InChI=1S/C22H24FN3O/c23-17-7-5-16(6-8-17)21-20-4-2-1-3-15(20)9-12-26(21)22(27)24-18-13-19-10-11-25(19)14-18/h1-8,18-19,21H,9-14H2,(H,24,27)/t18?,19-,21+/m1/s1. The largest absolute Gasteiger partial charge is 0.334 e. The van der Waals surface area contributed by atoms with E-state index in [0.717, 1.165) is 37.1 Å². The molecule has 2 saturated heterocycles. The molecule has 2 amide bonds. The van der Waals surface area contributed by atoms with Crippen LogP contribution >= 0.6 is 0 Å². The summed E-state index contributed by atoms with van der Waals surface area (Å²) in [7, 11) is 0. The molecule has 0 saturated carbocycles. The first-order valence-electron chi connectivity index (χ1n) is 9.83. The van der Waals surface area contributed by atoms with Crippen molar-refractivity contribution in [2.75, 3.05) is 19.6 Å². The lowest BCUT2D eigenvalue weighted by Gasteiger charge is -2.38. The fourth-order valence-electron chi connectivity index (χ4n) is 4.84. The number of nitrogens with zero attached hydrogens (tertiary/aromatic N) is 2. The van der Waals surface area contributed by atoms with Gasteiger partial charge in [-0.2, -0.15) is 0 Å². The van der Waals surface area contributed by atoms with Crippen molar-refractivity contribution >= 4 is 6.03 Å². The Labute approximate surface area is 159 Å². The maximum absolute atomic E-state index is 13.5. The molecule has 0 aliphatic carbocycles. The number of hydrogen-bond acceptors (Lipinski definition) is 2. The Kier molecular flexibility index (Phi) is 4.12. The Bertz CT molecular complexity index is 841. The summed E-state index contributed by atoms with van der Waals surface area (Å²) in [5, 5.41) is 3.26. The van der Waals surface area contributed by atoms with E-state index in [9.17, 15) is 9.18 Å². The van der Waals surface area contributed by atoms with Crippen LogP contribution in [-0.4, -0.2) is 47.5 Å². The highest BCUT2D eigenvalue weighted by atomic mass is 19.1. The topological polar surface area (TPSA) is 35.6 Å². The summed E-state index contributed by atoms with van der Waals surface area (Å²) in [6, 6.07) is 15.5. The number of urea groups is 1. The van der Waals surface area contributed by atoms with E-state index in [1.165, 1.54) is 24.1 Å². The van der Waals surface area contributed by atoms with Crippen LogP contribution in [0.4, 0.5) is 9.18 Å². The molecule has 3 aliphatic rings. The van der Waals surface area contributed by atoms with Gasteiger partial charge in [-0.15, -0.1) is 0 Å². The maximum atomic E-state index is 13.5. The van der Waals surface area contributed by atoms with E-state index in [-0.39, 0.29) is 23.9 Å². The highest BCUT2D eigenvalue weighted by Gasteiger charge is 2.40. The molecule has 0 radical (unpaired) electrons. The van der Waals surface area contributed by atoms with E-state index in [0.29, 0.717) is 12.6 Å². The average Bonchev–Trinajstić information content (AvgIpc) is 2.95. The van der Waals surface area contributed by atoms with Crippen molar-refractivity contribution in [2.24, 2.45) is 0 Å². The molecule has 1 unspecified atom stereocenters. The monoisotopic (exact) mass is 365 g/mol. The van der Waals surface area contributed by atoms with Crippen molar-refractivity contribution < 1.29 is 9.18 Å². The number of hydrogen-bond donors (Lipinski definition) is 1. The summed E-state index contributed by atoms with van der Waals surface area (Å²) in [6.45, 7) is 2.79. The normalized spacial score (nSPS) is 26.9. The molecule has 1 N–H and O–H groups in total. The molecule has 0 spiro atoms. The predicted octanol–water partition coefficient (Wildman–Crippen LogP) is 3.33. The second-order valence-electron chi connectivity index (χ2n) is 7.92. The van der Waals surface area contributed by atoms with Crippen molar-refractivity contribution in [3.8, 4) is 0 Å². The van der Waals surface area contributed by atoms with Gasteiger partial charge in [0.1, 0.15) is 5.82 Å². The number of halogens is 1. The van der Waals surface area contributed by atoms with Crippen LogP contribution in [0.5, 0.6) is 0 Å². The molecule has 2 aromatic carbocycles. The highest BCUT2D eigenvalue weighted by Crippen LogP contribution is 2.35. The van der Waals surface area contributed by atoms with Gasteiger partial charge >= 0.3 is 6.03 Å². The minimum atomic E-state index is -0.255. The van der Waals surface area contributed by atoms with Crippen LogP contribution in [0.3, 0.4) is 0 Å². The summed E-state index contributed by atoms with van der Waals surface area (Å²) >= 11 is 0. The molecule has 3 heterocycles. The zero-order chi connectivity index (χ0) is 18.4. The molecule has 3 aliphatic heterocycles. The first kappa shape index (κ1) is 16.8. The summed E-state index contributed by atoms with van der Waals surface area (Å²) in [6.07, 6.45) is 3.15. The lowest BCUT2D eigenvalue weighted by atomic mass is 9.88. The lowest BCUT2D eigenvalue weighted by Crippen LogP contribution is -2.49. The van der Waals surface area contributed by atoms with Gasteiger partial charge in [0.2, 0.25) is 0 Å². The number of carbonyl (C=O) groups excluding carboxylic acids is 1. The van der Waals surface area contributed by atoms with E-state index in [1.807, 2.05) is 17.0 Å². The van der Waals surface area contributed by atoms with Gasteiger partial charge in [-0.3, -0.25) is 4.90 Å². The highest BCUT2D eigenvalue weighted by molar-refractivity contribution is 5.76. The van der Waals surface area contributed by atoms with E-state index in [2.05, 4.69) is 22.3 Å². The Morgan fingerprint density at radius 2 is 1.89 bits per heavy atom. The Morgan fingerprint density at radius 1 is 1.07 bits per heavy atom. The van der Waals surface area contributed by atoms with Gasteiger partial charge in [0.05, 0.1) is 6.04 Å². The third-order valence-corrected chi connectivity index (χ3v) is 6.34. The molecule has 140 valence electrons. The fourth-order valence-corrected chi connectivity index (χ4v) is 4.84. The molecule has 4 nitrogen and oxygen atoms in total. The SMILES string of the molecule is O=C(NC1C[C@H]2CCN2C1)N1CCc2ccccc2[C@@H]1c1ccc(F)cc1. The van der Waals surface area contributed by atoms with Crippen LogP contribution in [0.2, 0.25) is 0 Å². The number of rotatable bonds is 2. The Morgan fingerprint density at radius 3 is 2.59 bits per heavy atom. The number of fused-ring (bicyclic) bond motifs is 2. The van der Waals surface area contributed by atoms with Crippen LogP contribution in [0, 0.1) is 5.82 Å². The van der Waals surface area contributed by atoms with Crippen LogP contribution in [0.25, 0.3) is 0 Å². The van der Waals surface area contributed by atoms with Gasteiger partial charge < -0.3 is 10.2 Å². The molecular weight excluding hydrogens is 341 g/mol. The summed E-state index contributed by atoms with van der Waals surface area (Å²) in [5.41, 5.74) is 3.36. The van der Waals surface area contributed by atoms with Crippen LogP contribution < -0.4 is 5.32 Å². The first-order chi connectivity index (χ1) is 13.2. The Hall–Kier alpha value is -2.40. The van der Waals surface area contributed by atoms with Crippen molar-refractivity contribution in [3.63, 3.8) is 0 Å². The number of benzene rings is 2. The molecule has 27 heavy (non-hydrogen) atoms. The van der Waals surface area contributed by atoms with Gasteiger partial charge in [0.25, 0.3) is 0 Å². The van der Waals surface area contributed by atoms with Gasteiger partial charge in [-0.25, -0.2) is 9.18 Å². The maximum Gasteiger partial charge on any atom is 0.318 e. The molecule has 5 heteroatoms. The van der Waals surface area contributed by atoms with Crippen LogP contribution in [0.15, 0.2) is 48.5 Å². The summed E-state index contributed by atoms with van der Waals surface area (Å²) < 4.78 is 13.5. The average molecular weight is 365 g/mol. The van der Waals surface area contributed by atoms with Crippen molar-refractivity contribution in [2.45, 2.75) is 37.4 Å². The quantitative estimate of drug-likeness (QED) is 0.886. The lowest BCUT2D eigenvalue weighted by molar-refractivity contribution is 0.140. The van der Waals surface area contributed by atoms with Gasteiger partial charge in [-0.1, -0.05) is 36.4 Å². The third-order valence-electron chi connectivity index (χ3n) is 6.34. The van der Waals surface area contributed by atoms with Crippen molar-refractivity contribution in [3.05, 3.63) is 71.0 Å². The van der Waals surface area contributed by atoms with E-state index < -0.39 is 0 Å². The number of carbonyl (C=O) groups is 1. The second kappa shape index (κ2) is 6.64. The third kappa shape index (κ3) is 3.00. The van der Waals surface area contributed by atoms with Crippen LogP contribution in [0.1, 0.15) is 35.6 Å². The fraction of sp³-hybridized carbons (Fsp3) is 0.409. The molecule has 2 aromatic rings. The molecule has 0 bridgehead atoms. The van der Waals surface area contributed by atoms with Crippen LogP contribution in [-0.2, 0) is 6.42 Å². The predicted molar refractivity (Wildman–Crippen MR) is 102 cm³/mol. The van der Waals surface area contributed by atoms with Gasteiger partial charge in [-0.05, 0) is 48.1 Å². The summed E-state index contributed by atoms with van der Waals surface area (Å²) in [4.78, 5) is 17.5. The first-order valence-corrected chi connectivity index (χ1v) is 9.83. The van der Waals surface area contributed by atoms with Gasteiger partial charge in [0, 0.05) is 31.7 Å². The molecule has 0 aromatic heterocycles. The van der Waals surface area contributed by atoms with Crippen molar-refractivity contribution in [1.82, 2.24) is 15.1 Å². The van der Waals surface area contributed by atoms with E-state index >= 15 is 0 Å². The molecular formula is C22H24FN3O. The number of nitrogens with one attached hydrogen (secondary N) is 1. The molecule has 3 atom stereocenters. The smallest absolute Gasteiger partial charge is 0.318 e. The zero-order valence-corrected chi connectivity index (χ0v) is 15.3.